The van der Waals surface area contributed by atoms with Crippen molar-refractivity contribution in [1.82, 2.24) is 9.78 Å². The Morgan fingerprint density at radius 3 is 2.62 bits per heavy atom. The summed E-state index contributed by atoms with van der Waals surface area (Å²) in [7, 11) is 0. The third-order valence-corrected chi connectivity index (χ3v) is 5.64. The maximum absolute atomic E-state index is 13.4. The van der Waals surface area contributed by atoms with Crippen LogP contribution in [0, 0.1) is 6.92 Å². The van der Waals surface area contributed by atoms with E-state index in [9.17, 15) is 13.2 Å². The number of rotatable bonds is 2. The average molecular weight is 440 g/mol. The largest absolute Gasteiger partial charge is 0.417 e. The molecule has 1 N–H and O–H groups in total. The summed E-state index contributed by atoms with van der Waals surface area (Å²) in [5, 5.41) is 8.35. The van der Waals surface area contributed by atoms with E-state index in [1.165, 1.54) is 6.07 Å². The van der Waals surface area contributed by atoms with E-state index in [4.69, 9.17) is 28.3 Å². The van der Waals surface area contributed by atoms with Crippen LogP contribution in [0.25, 0.3) is 16.9 Å². The Balaban J connectivity index is 1.94. The molecule has 29 heavy (non-hydrogen) atoms. The minimum atomic E-state index is -4.53. The SMILES string of the molecule is Cc1ccc(Cl)cc1-n1nc(-c2ccc(Cl)c(C(F)(F)F)c2)c2c1NCCCC2. The number of halogens is 5. The molecule has 8 heteroatoms. The van der Waals surface area contributed by atoms with Crippen molar-refractivity contribution in [2.45, 2.75) is 32.4 Å². The van der Waals surface area contributed by atoms with Gasteiger partial charge in [0, 0.05) is 22.7 Å². The van der Waals surface area contributed by atoms with E-state index >= 15 is 0 Å². The number of hydrogen-bond acceptors (Lipinski definition) is 2. The topological polar surface area (TPSA) is 29.9 Å². The van der Waals surface area contributed by atoms with Gasteiger partial charge in [-0.2, -0.15) is 18.3 Å². The Hall–Kier alpha value is -2.18. The number of aromatic nitrogens is 2. The maximum atomic E-state index is 13.4. The van der Waals surface area contributed by atoms with E-state index in [1.807, 2.05) is 19.1 Å². The van der Waals surface area contributed by atoms with Crippen molar-refractivity contribution < 1.29 is 13.2 Å². The van der Waals surface area contributed by atoms with Gasteiger partial charge in [-0.1, -0.05) is 35.3 Å². The summed E-state index contributed by atoms with van der Waals surface area (Å²) in [6, 6.07) is 9.44. The molecule has 2 heterocycles. The number of hydrogen-bond donors (Lipinski definition) is 1. The van der Waals surface area contributed by atoms with Crippen LogP contribution in [0.15, 0.2) is 36.4 Å². The van der Waals surface area contributed by atoms with Gasteiger partial charge in [0.1, 0.15) is 5.82 Å². The highest BCUT2D eigenvalue weighted by Gasteiger charge is 2.34. The van der Waals surface area contributed by atoms with Crippen LogP contribution in [-0.2, 0) is 12.6 Å². The van der Waals surface area contributed by atoms with Crippen LogP contribution >= 0.6 is 23.2 Å². The van der Waals surface area contributed by atoms with Crippen molar-refractivity contribution in [3.8, 4) is 16.9 Å². The number of anilines is 1. The van der Waals surface area contributed by atoms with Crippen LogP contribution in [0.3, 0.4) is 0 Å². The van der Waals surface area contributed by atoms with Crippen molar-refractivity contribution in [3.63, 3.8) is 0 Å². The number of alkyl halides is 3. The second-order valence-corrected chi connectivity index (χ2v) is 7.94. The summed E-state index contributed by atoms with van der Waals surface area (Å²) in [5.74, 6) is 0.798. The van der Waals surface area contributed by atoms with Crippen LogP contribution in [-0.4, -0.2) is 16.3 Å². The van der Waals surface area contributed by atoms with E-state index in [0.29, 0.717) is 16.3 Å². The molecule has 0 amide bonds. The summed E-state index contributed by atoms with van der Waals surface area (Å²) in [6.45, 7) is 2.71. The van der Waals surface area contributed by atoms with E-state index in [2.05, 4.69) is 5.32 Å². The summed E-state index contributed by atoms with van der Waals surface area (Å²) in [5.41, 5.74) is 2.71. The second-order valence-electron chi connectivity index (χ2n) is 7.09. The fraction of sp³-hybridized carbons (Fsp3) is 0.286. The molecule has 3 aromatic rings. The van der Waals surface area contributed by atoms with Gasteiger partial charge < -0.3 is 5.32 Å². The molecular formula is C21H18Cl2F3N3. The van der Waals surface area contributed by atoms with Crippen LogP contribution in [0.1, 0.15) is 29.5 Å². The predicted molar refractivity (Wildman–Crippen MR) is 110 cm³/mol. The zero-order chi connectivity index (χ0) is 20.8. The lowest BCUT2D eigenvalue weighted by Gasteiger charge is -2.12. The zero-order valence-electron chi connectivity index (χ0n) is 15.6. The third-order valence-electron chi connectivity index (χ3n) is 5.07. The summed E-state index contributed by atoms with van der Waals surface area (Å²) >= 11 is 12.0. The van der Waals surface area contributed by atoms with Gasteiger partial charge in [0.05, 0.1) is 22.0 Å². The molecule has 0 radical (unpaired) electrons. The first kappa shape index (κ1) is 20.1. The first-order chi connectivity index (χ1) is 13.8. The van der Waals surface area contributed by atoms with Crippen LogP contribution < -0.4 is 5.32 Å². The van der Waals surface area contributed by atoms with Gasteiger partial charge in [-0.15, -0.1) is 0 Å². The molecule has 1 aromatic heterocycles. The fourth-order valence-electron chi connectivity index (χ4n) is 3.61. The monoisotopic (exact) mass is 439 g/mol. The second kappa shape index (κ2) is 7.58. The highest BCUT2D eigenvalue weighted by Crippen LogP contribution is 2.40. The molecule has 0 fully saturated rings. The molecule has 0 aliphatic carbocycles. The van der Waals surface area contributed by atoms with Gasteiger partial charge in [0.2, 0.25) is 0 Å². The number of nitrogens with one attached hydrogen (secondary N) is 1. The predicted octanol–water partition coefficient (Wildman–Crippen LogP) is 6.92. The first-order valence-corrected chi connectivity index (χ1v) is 10.0. The third kappa shape index (κ3) is 3.83. The van der Waals surface area contributed by atoms with E-state index in [1.54, 1.807) is 16.8 Å². The van der Waals surface area contributed by atoms with Gasteiger partial charge in [-0.25, -0.2) is 4.68 Å². The normalized spacial score (nSPS) is 14.3. The van der Waals surface area contributed by atoms with Gasteiger partial charge in [-0.3, -0.25) is 0 Å². The minimum Gasteiger partial charge on any atom is -0.370 e. The number of fused-ring (bicyclic) bond motifs is 1. The standard InChI is InChI=1S/C21H18Cl2F3N3/c1-12-5-7-14(22)11-18(12)29-20-15(4-2-3-9-27-20)19(28-29)13-6-8-17(23)16(10-13)21(24,25)26/h5-8,10-11,27H,2-4,9H2,1H3. The van der Waals surface area contributed by atoms with Crippen molar-refractivity contribution in [3.05, 3.63) is 63.1 Å². The average Bonchev–Trinajstić information content (AvgIpc) is 2.84. The minimum absolute atomic E-state index is 0.324. The Bertz CT molecular complexity index is 1070. The Labute approximate surface area is 176 Å². The Morgan fingerprint density at radius 1 is 1.07 bits per heavy atom. The lowest BCUT2D eigenvalue weighted by atomic mass is 10.0. The molecule has 0 spiro atoms. The summed E-state index contributed by atoms with van der Waals surface area (Å²) in [4.78, 5) is 0. The molecule has 4 rings (SSSR count). The number of benzene rings is 2. The lowest BCUT2D eigenvalue weighted by molar-refractivity contribution is -0.137. The number of nitrogens with zero attached hydrogens (tertiary/aromatic N) is 2. The van der Waals surface area contributed by atoms with Crippen molar-refractivity contribution in [2.75, 3.05) is 11.9 Å². The summed E-state index contributed by atoms with van der Waals surface area (Å²) in [6.07, 6.45) is -1.92. The molecule has 152 valence electrons. The van der Waals surface area contributed by atoms with Crippen molar-refractivity contribution >= 4 is 29.0 Å². The number of aryl methyl sites for hydroxylation is 1. The van der Waals surface area contributed by atoms with Gasteiger partial charge in [0.25, 0.3) is 0 Å². The molecule has 0 saturated carbocycles. The van der Waals surface area contributed by atoms with E-state index in [0.717, 1.165) is 54.5 Å². The van der Waals surface area contributed by atoms with Crippen LogP contribution in [0.5, 0.6) is 0 Å². The van der Waals surface area contributed by atoms with E-state index in [-0.39, 0.29) is 5.02 Å². The highest BCUT2D eigenvalue weighted by atomic mass is 35.5. The van der Waals surface area contributed by atoms with Crippen LogP contribution in [0.4, 0.5) is 19.0 Å². The first-order valence-electron chi connectivity index (χ1n) is 9.25. The van der Waals surface area contributed by atoms with Gasteiger partial charge in [-0.05, 0) is 56.0 Å². The Morgan fingerprint density at radius 2 is 1.86 bits per heavy atom. The molecule has 3 nitrogen and oxygen atoms in total. The van der Waals surface area contributed by atoms with Crippen LogP contribution in [0.2, 0.25) is 10.0 Å². The molecular weight excluding hydrogens is 422 g/mol. The van der Waals surface area contributed by atoms with Gasteiger partial charge in [0.15, 0.2) is 0 Å². The molecule has 0 atom stereocenters. The van der Waals surface area contributed by atoms with E-state index < -0.39 is 11.7 Å². The smallest absolute Gasteiger partial charge is 0.370 e. The maximum Gasteiger partial charge on any atom is 0.417 e. The molecule has 0 saturated heterocycles. The molecule has 1 aliphatic heterocycles. The summed E-state index contributed by atoms with van der Waals surface area (Å²) < 4.78 is 41.9. The van der Waals surface area contributed by atoms with Crippen molar-refractivity contribution in [1.29, 1.82) is 0 Å². The molecule has 0 bridgehead atoms. The van der Waals surface area contributed by atoms with Gasteiger partial charge >= 0.3 is 6.18 Å². The molecule has 1 aliphatic rings. The molecule has 2 aromatic carbocycles. The lowest BCUT2D eigenvalue weighted by Crippen LogP contribution is -2.08. The van der Waals surface area contributed by atoms with Crippen molar-refractivity contribution in [2.24, 2.45) is 0 Å². The quantitative estimate of drug-likeness (QED) is 0.469. The fourth-order valence-corrected chi connectivity index (χ4v) is 4.00. The highest BCUT2D eigenvalue weighted by molar-refractivity contribution is 6.31. The Kier molecular flexibility index (Phi) is 5.25. The zero-order valence-corrected chi connectivity index (χ0v) is 17.1. The molecule has 0 unspecified atom stereocenters.